The SMILES string of the molecule is CNc1nc(OC2CC(C)OC(C)C2)nc(N(C)C)n1. The first kappa shape index (κ1) is 14.8. The Morgan fingerprint density at radius 1 is 1.15 bits per heavy atom. The van der Waals surface area contributed by atoms with Gasteiger partial charge < -0.3 is 19.7 Å². The van der Waals surface area contributed by atoms with Crippen LogP contribution in [-0.4, -0.2) is 54.4 Å². The Labute approximate surface area is 119 Å². The maximum atomic E-state index is 5.92. The van der Waals surface area contributed by atoms with Gasteiger partial charge in [0.05, 0.1) is 12.2 Å². The normalized spacial score (nSPS) is 26.1. The maximum absolute atomic E-state index is 5.92. The van der Waals surface area contributed by atoms with Crippen LogP contribution in [0.4, 0.5) is 11.9 Å². The van der Waals surface area contributed by atoms with Crippen molar-refractivity contribution in [3.8, 4) is 6.01 Å². The summed E-state index contributed by atoms with van der Waals surface area (Å²) in [5.41, 5.74) is 0. The first-order chi connectivity index (χ1) is 9.47. The fraction of sp³-hybridized carbons (Fsp3) is 0.769. The lowest BCUT2D eigenvalue weighted by Crippen LogP contribution is -2.36. The van der Waals surface area contributed by atoms with Crippen molar-refractivity contribution in [3.05, 3.63) is 0 Å². The number of rotatable bonds is 4. The van der Waals surface area contributed by atoms with Gasteiger partial charge in [-0.05, 0) is 13.8 Å². The summed E-state index contributed by atoms with van der Waals surface area (Å²) in [5.74, 6) is 1.08. The van der Waals surface area contributed by atoms with Crippen molar-refractivity contribution >= 4 is 11.9 Å². The van der Waals surface area contributed by atoms with Crippen molar-refractivity contribution in [1.29, 1.82) is 0 Å². The highest BCUT2D eigenvalue weighted by Gasteiger charge is 2.26. The molecule has 2 unspecified atom stereocenters. The quantitative estimate of drug-likeness (QED) is 0.892. The minimum Gasteiger partial charge on any atom is -0.460 e. The van der Waals surface area contributed by atoms with E-state index in [0.717, 1.165) is 12.8 Å². The summed E-state index contributed by atoms with van der Waals surface area (Å²) in [6, 6.07) is 0.361. The Bertz CT molecular complexity index is 444. The van der Waals surface area contributed by atoms with Crippen LogP contribution >= 0.6 is 0 Å². The van der Waals surface area contributed by atoms with Crippen LogP contribution in [0.1, 0.15) is 26.7 Å². The van der Waals surface area contributed by atoms with E-state index in [9.17, 15) is 0 Å². The van der Waals surface area contributed by atoms with Crippen LogP contribution in [0.5, 0.6) is 6.01 Å². The largest absolute Gasteiger partial charge is 0.460 e. The second kappa shape index (κ2) is 6.21. The van der Waals surface area contributed by atoms with E-state index in [1.54, 1.807) is 7.05 Å². The topological polar surface area (TPSA) is 72.4 Å². The van der Waals surface area contributed by atoms with E-state index >= 15 is 0 Å². The molecule has 1 N–H and O–H groups in total. The lowest BCUT2D eigenvalue weighted by molar-refractivity contribution is -0.0738. The van der Waals surface area contributed by atoms with E-state index in [4.69, 9.17) is 9.47 Å². The second-order valence-electron chi connectivity index (χ2n) is 5.35. The molecule has 0 amide bonds. The van der Waals surface area contributed by atoms with Crippen LogP contribution < -0.4 is 15.0 Å². The Morgan fingerprint density at radius 2 is 1.80 bits per heavy atom. The molecule has 0 aromatic carbocycles. The maximum Gasteiger partial charge on any atom is 0.323 e. The van der Waals surface area contributed by atoms with Gasteiger partial charge >= 0.3 is 6.01 Å². The summed E-state index contributed by atoms with van der Waals surface area (Å²) in [6.07, 6.45) is 2.17. The standard InChI is InChI=1S/C13H23N5O2/c1-8-6-10(7-9(2)19-8)20-13-16-11(14-3)15-12(17-13)18(4)5/h8-10H,6-7H2,1-5H3,(H,14,15,16,17). The van der Waals surface area contributed by atoms with Crippen LogP contribution in [-0.2, 0) is 4.74 Å². The number of nitrogens with one attached hydrogen (secondary N) is 1. The van der Waals surface area contributed by atoms with Crippen LogP contribution in [0.2, 0.25) is 0 Å². The van der Waals surface area contributed by atoms with Gasteiger partial charge in [-0.3, -0.25) is 0 Å². The zero-order chi connectivity index (χ0) is 14.7. The average molecular weight is 281 g/mol. The van der Waals surface area contributed by atoms with Gasteiger partial charge in [0.1, 0.15) is 6.10 Å². The Kier molecular flexibility index (Phi) is 4.59. The van der Waals surface area contributed by atoms with Gasteiger partial charge in [0.25, 0.3) is 0 Å². The third-order valence-corrected chi connectivity index (χ3v) is 3.15. The molecule has 2 rings (SSSR count). The molecule has 1 saturated heterocycles. The van der Waals surface area contributed by atoms with E-state index in [0.29, 0.717) is 17.9 Å². The first-order valence-corrected chi connectivity index (χ1v) is 6.91. The Hall–Kier alpha value is -1.63. The van der Waals surface area contributed by atoms with Gasteiger partial charge in [0, 0.05) is 34.0 Å². The van der Waals surface area contributed by atoms with E-state index in [2.05, 4.69) is 34.1 Å². The predicted molar refractivity (Wildman–Crippen MR) is 77.4 cm³/mol. The summed E-state index contributed by atoms with van der Waals surface area (Å²) in [7, 11) is 5.55. The lowest BCUT2D eigenvalue weighted by atomic mass is 10.0. The van der Waals surface area contributed by atoms with Gasteiger partial charge in [0.15, 0.2) is 0 Å². The highest BCUT2D eigenvalue weighted by Crippen LogP contribution is 2.23. The molecule has 1 aliphatic rings. The minimum atomic E-state index is 0.0795. The molecule has 2 atom stereocenters. The summed E-state index contributed by atoms with van der Waals surface area (Å²) >= 11 is 0. The fourth-order valence-electron chi connectivity index (χ4n) is 2.30. The Balaban J connectivity index is 2.13. The molecule has 1 fully saturated rings. The van der Waals surface area contributed by atoms with E-state index in [1.165, 1.54) is 0 Å². The summed E-state index contributed by atoms with van der Waals surface area (Å²) in [4.78, 5) is 14.7. The molecular formula is C13H23N5O2. The third kappa shape index (κ3) is 3.69. The molecule has 112 valence electrons. The number of nitrogens with zero attached hydrogens (tertiary/aromatic N) is 4. The van der Waals surface area contributed by atoms with Crippen molar-refractivity contribution in [3.63, 3.8) is 0 Å². The molecule has 0 saturated carbocycles. The molecule has 0 spiro atoms. The third-order valence-electron chi connectivity index (χ3n) is 3.15. The monoisotopic (exact) mass is 281 g/mol. The zero-order valence-corrected chi connectivity index (χ0v) is 12.8. The van der Waals surface area contributed by atoms with Crippen molar-refractivity contribution < 1.29 is 9.47 Å². The highest BCUT2D eigenvalue weighted by molar-refractivity contribution is 5.36. The molecule has 1 aliphatic heterocycles. The lowest BCUT2D eigenvalue weighted by Gasteiger charge is -2.31. The van der Waals surface area contributed by atoms with Gasteiger partial charge in [-0.2, -0.15) is 15.0 Å². The van der Waals surface area contributed by atoms with Crippen molar-refractivity contribution in [2.45, 2.75) is 45.0 Å². The molecule has 0 aliphatic carbocycles. The molecule has 7 nitrogen and oxygen atoms in total. The Morgan fingerprint density at radius 3 is 2.35 bits per heavy atom. The summed E-state index contributed by atoms with van der Waals surface area (Å²) in [5, 5.41) is 2.92. The first-order valence-electron chi connectivity index (χ1n) is 6.91. The molecule has 1 aromatic heterocycles. The van der Waals surface area contributed by atoms with Gasteiger partial charge in [-0.1, -0.05) is 0 Å². The fourth-order valence-corrected chi connectivity index (χ4v) is 2.30. The zero-order valence-electron chi connectivity index (χ0n) is 12.8. The number of anilines is 2. The van der Waals surface area contributed by atoms with E-state index in [1.807, 2.05) is 19.0 Å². The second-order valence-corrected chi connectivity index (χ2v) is 5.35. The van der Waals surface area contributed by atoms with Crippen LogP contribution in [0, 0.1) is 0 Å². The smallest absolute Gasteiger partial charge is 0.323 e. The number of ether oxygens (including phenoxy) is 2. The average Bonchev–Trinajstić information content (AvgIpc) is 2.36. The van der Waals surface area contributed by atoms with Gasteiger partial charge in [-0.25, -0.2) is 0 Å². The number of aromatic nitrogens is 3. The molecule has 0 bridgehead atoms. The van der Waals surface area contributed by atoms with E-state index < -0.39 is 0 Å². The predicted octanol–water partition coefficient (Wildman–Crippen LogP) is 1.31. The molecular weight excluding hydrogens is 258 g/mol. The number of hydrogen-bond acceptors (Lipinski definition) is 7. The number of hydrogen-bond donors (Lipinski definition) is 1. The van der Waals surface area contributed by atoms with Gasteiger partial charge in [-0.15, -0.1) is 0 Å². The van der Waals surface area contributed by atoms with Crippen LogP contribution in [0.25, 0.3) is 0 Å². The van der Waals surface area contributed by atoms with Crippen LogP contribution in [0.3, 0.4) is 0 Å². The van der Waals surface area contributed by atoms with Crippen LogP contribution in [0.15, 0.2) is 0 Å². The summed E-state index contributed by atoms with van der Waals surface area (Å²) in [6.45, 7) is 4.12. The molecule has 20 heavy (non-hydrogen) atoms. The molecule has 2 heterocycles. The van der Waals surface area contributed by atoms with Crippen molar-refractivity contribution in [1.82, 2.24) is 15.0 Å². The van der Waals surface area contributed by atoms with Crippen molar-refractivity contribution in [2.24, 2.45) is 0 Å². The molecule has 0 radical (unpaired) electrons. The summed E-state index contributed by atoms with van der Waals surface area (Å²) < 4.78 is 11.6. The highest BCUT2D eigenvalue weighted by atomic mass is 16.5. The van der Waals surface area contributed by atoms with Crippen molar-refractivity contribution in [2.75, 3.05) is 31.4 Å². The van der Waals surface area contributed by atoms with Gasteiger partial charge in [0.2, 0.25) is 11.9 Å². The molecule has 1 aromatic rings. The molecule has 7 heteroatoms. The minimum absolute atomic E-state index is 0.0795. The van der Waals surface area contributed by atoms with E-state index in [-0.39, 0.29) is 18.3 Å².